The zero-order valence-electron chi connectivity index (χ0n) is 20.9. The minimum atomic E-state index is -3.99. The summed E-state index contributed by atoms with van der Waals surface area (Å²) in [5.74, 6) is -5.97. The van der Waals surface area contributed by atoms with Crippen molar-refractivity contribution in [3.8, 4) is 22.5 Å². The number of carbonyl (C=O) groups excluding carboxylic acids is 1. The van der Waals surface area contributed by atoms with E-state index >= 15 is 4.39 Å². The predicted molar refractivity (Wildman–Crippen MR) is 138 cm³/mol. The molecule has 0 unspecified atom stereocenters. The van der Waals surface area contributed by atoms with E-state index in [2.05, 4.69) is 15.4 Å². The lowest BCUT2D eigenvalue weighted by molar-refractivity contribution is -0.0278. The molecule has 0 saturated carbocycles. The van der Waals surface area contributed by atoms with E-state index in [0.29, 0.717) is 28.5 Å². The molecule has 0 aliphatic rings. The number of nitrogens with one attached hydrogen (secondary N) is 1. The number of benzene rings is 2. The third-order valence-corrected chi connectivity index (χ3v) is 6.32. The van der Waals surface area contributed by atoms with Crippen LogP contribution in [0.15, 0.2) is 73.1 Å². The molecule has 5 rings (SSSR count). The molecule has 3 heterocycles. The van der Waals surface area contributed by atoms with Gasteiger partial charge in [-0.25, -0.2) is 13.8 Å². The second-order valence-corrected chi connectivity index (χ2v) is 9.08. The first-order chi connectivity index (χ1) is 18.6. The fourth-order valence-electron chi connectivity index (χ4n) is 4.30. The van der Waals surface area contributed by atoms with Gasteiger partial charge in [0.05, 0.1) is 17.4 Å². The number of aryl methyl sites for hydroxylation is 1. The van der Waals surface area contributed by atoms with Crippen molar-refractivity contribution in [2.45, 2.75) is 19.0 Å². The molecule has 0 radical (unpaired) electrons. The number of carbonyl (C=O) groups is 1. The van der Waals surface area contributed by atoms with Gasteiger partial charge in [-0.3, -0.25) is 13.9 Å². The van der Waals surface area contributed by atoms with Crippen LogP contribution in [-0.4, -0.2) is 36.9 Å². The smallest absolute Gasteiger partial charge is 0.301 e. The van der Waals surface area contributed by atoms with E-state index in [9.17, 15) is 23.1 Å². The molecule has 0 aliphatic heterocycles. The number of halogens is 4. The average molecular weight is 538 g/mol. The van der Waals surface area contributed by atoms with Crippen LogP contribution in [0.4, 0.5) is 23.4 Å². The van der Waals surface area contributed by atoms with Gasteiger partial charge in [0.2, 0.25) is 0 Å². The molecule has 3 aromatic heterocycles. The van der Waals surface area contributed by atoms with Crippen molar-refractivity contribution >= 4 is 17.4 Å². The number of fused-ring (bicyclic) bond motifs is 1. The summed E-state index contributed by atoms with van der Waals surface area (Å²) in [6.07, 6.45) is 2.33. The first-order valence-corrected chi connectivity index (χ1v) is 11.9. The van der Waals surface area contributed by atoms with Crippen LogP contribution in [0.1, 0.15) is 34.5 Å². The van der Waals surface area contributed by atoms with E-state index in [1.165, 1.54) is 16.9 Å². The molecule has 2 aromatic carbocycles. The Hall–Kier alpha value is -4.51. The quantitative estimate of drug-likeness (QED) is 0.253. The molecule has 11 heteroatoms. The molecule has 2 N–H and O–H groups in total. The first-order valence-electron chi connectivity index (χ1n) is 11.9. The monoisotopic (exact) mass is 537 g/mol. The van der Waals surface area contributed by atoms with Crippen molar-refractivity contribution in [3.63, 3.8) is 0 Å². The fraction of sp³-hybridized carbons (Fsp3) is 0.179. The molecule has 7 nitrogen and oxygen atoms in total. The van der Waals surface area contributed by atoms with Crippen LogP contribution >= 0.6 is 0 Å². The van der Waals surface area contributed by atoms with Gasteiger partial charge in [0.1, 0.15) is 23.0 Å². The fourth-order valence-corrected chi connectivity index (χ4v) is 4.30. The Balaban J connectivity index is 1.63. The lowest BCUT2D eigenvalue weighted by atomic mass is 9.96. The highest BCUT2D eigenvalue weighted by Crippen LogP contribution is 2.38. The molecule has 0 bridgehead atoms. The van der Waals surface area contributed by atoms with E-state index < -0.39 is 41.6 Å². The summed E-state index contributed by atoms with van der Waals surface area (Å²) >= 11 is 0. The van der Waals surface area contributed by atoms with Crippen LogP contribution in [0.25, 0.3) is 28.2 Å². The van der Waals surface area contributed by atoms with Gasteiger partial charge in [-0.1, -0.05) is 30.3 Å². The van der Waals surface area contributed by atoms with Crippen molar-refractivity contribution in [1.82, 2.24) is 19.2 Å². The lowest BCUT2D eigenvalue weighted by Gasteiger charge is -2.18. The number of aliphatic hydroxyl groups is 1. The number of amides is 1. The van der Waals surface area contributed by atoms with Crippen LogP contribution in [0.2, 0.25) is 0 Å². The summed E-state index contributed by atoms with van der Waals surface area (Å²) in [6.45, 7) is -0.442. The largest absolute Gasteiger partial charge is 0.389 e. The van der Waals surface area contributed by atoms with Gasteiger partial charge in [-0.15, -0.1) is 0 Å². The van der Waals surface area contributed by atoms with Crippen LogP contribution in [0.5, 0.6) is 0 Å². The van der Waals surface area contributed by atoms with Crippen LogP contribution < -0.4 is 5.32 Å². The average Bonchev–Trinajstić information content (AvgIpc) is 3.52. The maximum Gasteiger partial charge on any atom is 0.301 e. The highest BCUT2D eigenvalue weighted by atomic mass is 19.3. The van der Waals surface area contributed by atoms with Gasteiger partial charge < -0.3 is 10.4 Å². The molecule has 1 amide bonds. The van der Waals surface area contributed by atoms with Gasteiger partial charge in [-0.2, -0.15) is 13.9 Å². The summed E-state index contributed by atoms with van der Waals surface area (Å²) in [6, 6.07) is 15.1. The van der Waals surface area contributed by atoms with Gasteiger partial charge in [-0.05, 0) is 42.8 Å². The summed E-state index contributed by atoms with van der Waals surface area (Å²) in [5, 5.41) is 16.7. The van der Waals surface area contributed by atoms with Crippen molar-refractivity contribution in [2.24, 2.45) is 7.05 Å². The second-order valence-electron chi connectivity index (χ2n) is 9.08. The zero-order valence-corrected chi connectivity index (χ0v) is 20.9. The Morgan fingerprint density at radius 3 is 2.49 bits per heavy atom. The Kier molecular flexibility index (Phi) is 6.69. The Morgan fingerprint density at radius 1 is 1.10 bits per heavy atom. The number of anilines is 1. The number of aromatic nitrogens is 4. The number of nitrogens with zero attached hydrogens (tertiary/aromatic N) is 4. The molecular formula is C28H23F4N5O2. The van der Waals surface area contributed by atoms with E-state index in [1.54, 1.807) is 61.0 Å². The number of hydrogen-bond donors (Lipinski definition) is 2. The molecule has 200 valence electrons. The Morgan fingerprint density at radius 2 is 1.85 bits per heavy atom. The summed E-state index contributed by atoms with van der Waals surface area (Å²) in [5.41, 5.74) is 0.343. The normalized spacial score (nSPS) is 12.6. The second kappa shape index (κ2) is 9.99. The molecular weight excluding hydrogens is 514 g/mol. The van der Waals surface area contributed by atoms with Crippen LogP contribution in [0, 0.1) is 5.82 Å². The standard InChI is InChI=1S/C28H23F4N5O2/c1-16(38)18-8-11-37-24(12-18)33-25(17-6-4-3-5-7-17)26(37)34-27(39)20-13-19(23-9-10-36(2)35-23)21(14-22(20)30)28(31,32)15-29/h3-14,16,38H,15H2,1-2H3,(H,34,39)/t16-/m1/s1. The predicted octanol–water partition coefficient (Wildman–Crippen LogP) is 5.91. The van der Waals surface area contributed by atoms with Crippen molar-refractivity contribution < 1.29 is 27.5 Å². The van der Waals surface area contributed by atoms with Crippen molar-refractivity contribution in [2.75, 3.05) is 12.0 Å². The number of rotatable bonds is 7. The molecule has 0 fully saturated rings. The van der Waals surface area contributed by atoms with Crippen LogP contribution in [0.3, 0.4) is 0 Å². The van der Waals surface area contributed by atoms with E-state index in [4.69, 9.17) is 0 Å². The highest BCUT2D eigenvalue weighted by Gasteiger charge is 2.37. The van der Waals surface area contributed by atoms with Crippen molar-refractivity contribution in [1.29, 1.82) is 0 Å². The highest BCUT2D eigenvalue weighted by molar-refractivity contribution is 6.06. The van der Waals surface area contributed by atoms with E-state index in [0.717, 1.165) is 6.07 Å². The van der Waals surface area contributed by atoms with E-state index in [1.807, 2.05) is 6.07 Å². The number of pyridine rings is 1. The van der Waals surface area contributed by atoms with Crippen LogP contribution in [-0.2, 0) is 13.0 Å². The SMILES string of the molecule is C[C@@H](O)c1ccn2c(NC(=O)c3cc(-c4ccn(C)n4)c(C(F)(F)CF)cc3F)c(-c3ccccc3)nc2c1. The van der Waals surface area contributed by atoms with Gasteiger partial charge >= 0.3 is 5.92 Å². The minimum Gasteiger partial charge on any atom is -0.389 e. The van der Waals surface area contributed by atoms with E-state index in [-0.39, 0.29) is 17.1 Å². The summed E-state index contributed by atoms with van der Waals surface area (Å²) in [4.78, 5) is 18.0. The number of aliphatic hydroxyl groups excluding tert-OH is 1. The first kappa shape index (κ1) is 26.1. The molecule has 0 aliphatic carbocycles. The Labute approximate surface area is 220 Å². The van der Waals surface area contributed by atoms with Crippen molar-refractivity contribution in [3.05, 3.63) is 95.6 Å². The van der Waals surface area contributed by atoms with Gasteiger partial charge in [0.15, 0.2) is 6.67 Å². The molecule has 5 aromatic rings. The maximum absolute atomic E-state index is 15.2. The summed E-state index contributed by atoms with van der Waals surface area (Å²) in [7, 11) is 1.56. The number of alkyl halides is 3. The Bertz CT molecular complexity index is 1680. The topological polar surface area (TPSA) is 84.5 Å². The summed E-state index contributed by atoms with van der Waals surface area (Å²) < 4.78 is 60.2. The third-order valence-electron chi connectivity index (χ3n) is 6.32. The number of imidazole rings is 1. The van der Waals surface area contributed by atoms with Gasteiger partial charge in [0, 0.05) is 36.1 Å². The number of hydrogen-bond acceptors (Lipinski definition) is 4. The third kappa shape index (κ3) is 4.88. The minimum absolute atomic E-state index is 0.0279. The maximum atomic E-state index is 15.2. The molecule has 0 saturated heterocycles. The molecule has 1 atom stereocenters. The zero-order chi connectivity index (χ0) is 27.9. The lowest BCUT2D eigenvalue weighted by Crippen LogP contribution is -2.21. The van der Waals surface area contributed by atoms with Gasteiger partial charge in [0.25, 0.3) is 5.91 Å². The molecule has 39 heavy (non-hydrogen) atoms. The molecule has 0 spiro atoms.